The van der Waals surface area contributed by atoms with Gasteiger partial charge in [-0.1, -0.05) is 29.8 Å². The second kappa shape index (κ2) is 8.39. The zero-order valence-electron chi connectivity index (χ0n) is 16.5. The topological polar surface area (TPSA) is 50.9 Å². The van der Waals surface area contributed by atoms with Crippen LogP contribution in [0.3, 0.4) is 0 Å². The molecule has 1 aliphatic heterocycles. The van der Waals surface area contributed by atoms with E-state index in [0.29, 0.717) is 6.54 Å². The number of nitrogens with one attached hydrogen (secondary N) is 3. The molecule has 1 aliphatic rings. The first kappa shape index (κ1) is 19.1. The van der Waals surface area contributed by atoms with E-state index in [1.54, 1.807) is 16.2 Å². The predicted octanol–water partition coefficient (Wildman–Crippen LogP) is 0.835. The van der Waals surface area contributed by atoms with Gasteiger partial charge >= 0.3 is 0 Å². The number of rotatable bonds is 5. The number of hydrogen-bond acceptors (Lipinski definition) is 3. The van der Waals surface area contributed by atoms with Crippen LogP contribution in [0.4, 0.5) is 5.69 Å². The lowest BCUT2D eigenvalue weighted by molar-refractivity contribution is -1.01. The molecule has 3 N–H and O–H groups in total. The molecule has 28 heavy (non-hydrogen) atoms. The van der Waals surface area contributed by atoms with Crippen LogP contribution in [0.2, 0.25) is 0 Å². The molecule has 6 heteroatoms. The lowest BCUT2D eigenvalue weighted by Crippen LogP contribution is -3.28. The smallest absolute Gasteiger partial charge is 0.279 e. The Hall–Kier alpha value is -2.28. The highest BCUT2D eigenvalue weighted by Gasteiger charge is 2.25. The van der Waals surface area contributed by atoms with Crippen LogP contribution in [0, 0.1) is 13.8 Å². The second-order valence-corrected chi connectivity index (χ2v) is 8.91. The molecule has 4 rings (SSSR count). The summed E-state index contributed by atoms with van der Waals surface area (Å²) in [6.45, 7) is 9.87. The minimum atomic E-state index is 0.108. The zero-order chi connectivity index (χ0) is 19.5. The third kappa shape index (κ3) is 4.58. The zero-order valence-corrected chi connectivity index (χ0v) is 17.4. The van der Waals surface area contributed by atoms with Gasteiger partial charge in [-0.15, -0.1) is 11.3 Å². The third-order valence-electron chi connectivity index (χ3n) is 5.47. The molecule has 3 aromatic rings. The fourth-order valence-electron chi connectivity index (χ4n) is 3.90. The van der Waals surface area contributed by atoms with Gasteiger partial charge in [-0.2, -0.15) is 0 Å². The second-order valence-electron chi connectivity index (χ2n) is 7.80. The molecule has 2 heterocycles. The molecule has 1 aromatic heterocycles. The summed E-state index contributed by atoms with van der Waals surface area (Å²) in [5.41, 5.74) is 4.37. The van der Waals surface area contributed by atoms with Crippen molar-refractivity contribution in [2.24, 2.45) is 0 Å². The first-order valence-electron chi connectivity index (χ1n) is 9.95. The van der Waals surface area contributed by atoms with Crippen molar-refractivity contribution in [2.45, 2.75) is 20.4 Å². The molecule has 1 amide bonds. The maximum absolute atomic E-state index is 12.4. The molecule has 0 unspecified atom stereocenters. The molecule has 1 fully saturated rings. The van der Waals surface area contributed by atoms with Crippen molar-refractivity contribution in [2.75, 3.05) is 38.0 Å². The Morgan fingerprint density at radius 1 is 1.07 bits per heavy atom. The van der Waals surface area contributed by atoms with Crippen LogP contribution in [-0.4, -0.2) is 43.6 Å². The van der Waals surface area contributed by atoms with Gasteiger partial charge < -0.3 is 15.1 Å². The number of carbonyl (C=O) groups excluding carboxylic acids is 1. The highest BCUT2D eigenvalue weighted by atomic mass is 32.1. The Labute approximate surface area is 170 Å². The minimum absolute atomic E-state index is 0.108. The van der Waals surface area contributed by atoms with E-state index < -0.39 is 0 Å². The number of benzene rings is 2. The van der Waals surface area contributed by atoms with Crippen LogP contribution in [0.1, 0.15) is 16.1 Å². The Balaban J connectivity index is 1.26. The van der Waals surface area contributed by atoms with Crippen LogP contribution >= 0.6 is 11.3 Å². The molecule has 0 bridgehead atoms. The van der Waals surface area contributed by atoms with E-state index >= 15 is 0 Å². The molecule has 0 radical (unpaired) electrons. The molecule has 2 aromatic carbocycles. The normalized spacial score (nSPS) is 19.6. The summed E-state index contributed by atoms with van der Waals surface area (Å²) in [4.78, 5) is 20.1. The van der Waals surface area contributed by atoms with Crippen molar-refractivity contribution in [3.05, 3.63) is 58.6 Å². The quantitative estimate of drug-likeness (QED) is 0.599. The predicted molar refractivity (Wildman–Crippen MR) is 114 cm³/mol. The summed E-state index contributed by atoms with van der Waals surface area (Å²) in [7, 11) is 0. The van der Waals surface area contributed by atoms with Gasteiger partial charge in [0.05, 0.1) is 10.2 Å². The lowest BCUT2D eigenvalue weighted by atomic mass is 10.1. The van der Waals surface area contributed by atoms with E-state index in [-0.39, 0.29) is 5.91 Å². The number of para-hydroxylation sites is 1. The number of thiazole rings is 1. The van der Waals surface area contributed by atoms with E-state index in [2.05, 4.69) is 36.5 Å². The van der Waals surface area contributed by atoms with Crippen LogP contribution in [-0.2, 0) is 11.3 Å². The number of carbonyl (C=O) groups is 1. The van der Waals surface area contributed by atoms with Crippen LogP contribution in [0.15, 0.2) is 42.5 Å². The van der Waals surface area contributed by atoms with Gasteiger partial charge in [0.2, 0.25) is 0 Å². The Kier molecular flexibility index (Phi) is 5.71. The highest BCUT2D eigenvalue weighted by Crippen LogP contribution is 2.20. The number of piperazine rings is 1. The number of anilines is 1. The average Bonchev–Trinajstić information content (AvgIpc) is 3.08. The largest absolute Gasteiger partial charge is 0.321 e. The fourth-order valence-corrected chi connectivity index (χ4v) is 4.93. The number of amides is 1. The number of aryl methyl sites for hydroxylation is 2. The van der Waals surface area contributed by atoms with Gasteiger partial charge in [-0.05, 0) is 37.6 Å². The number of fused-ring (bicyclic) bond motifs is 1. The van der Waals surface area contributed by atoms with Crippen molar-refractivity contribution in [1.82, 2.24) is 4.98 Å². The van der Waals surface area contributed by atoms with Gasteiger partial charge in [0.15, 0.2) is 6.54 Å². The molecule has 5 nitrogen and oxygen atoms in total. The van der Waals surface area contributed by atoms with E-state index in [1.807, 2.05) is 25.1 Å². The summed E-state index contributed by atoms with van der Waals surface area (Å²) in [5, 5.41) is 4.29. The molecular formula is C22H28N4OS+2. The van der Waals surface area contributed by atoms with Gasteiger partial charge in [0.1, 0.15) is 37.7 Å². The fraction of sp³-hybridized carbons (Fsp3) is 0.364. The van der Waals surface area contributed by atoms with Gasteiger partial charge in [-0.25, -0.2) is 4.98 Å². The summed E-state index contributed by atoms with van der Waals surface area (Å²) < 4.78 is 1.27. The van der Waals surface area contributed by atoms with Crippen molar-refractivity contribution in [3.8, 4) is 0 Å². The van der Waals surface area contributed by atoms with Gasteiger partial charge in [-0.3, -0.25) is 4.79 Å². The lowest BCUT2D eigenvalue weighted by Gasteiger charge is -2.28. The van der Waals surface area contributed by atoms with Crippen LogP contribution < -0.4 is 15.1 Å². The first-order valence-corrected chi connectivity index (χ1v) is 10.8. The molecule has 0 atom stereocenters. The third-order valence-corrected chi connectivity index (χ3v) is 6.51. The van der Waals surface area contributed by atoms with Crippen LogP contribution in [0.5, 0.6) is 0 Å². The monoisotopic (exact) mass is 396 g/mol. The molecule has 0 aliphatic carbocycles. The Bertz CT molecular complexity index is 943. The molecule has 0 saturated carbocycles. The minimum Gasteiger partial charge on any atom is -0.321 e. The molecule has 1 saturated heterocycles. The summed E-state index contributed by atoms with van der Waals surface area (Å²) in [6, 6.07) is 14.5. The Morgan fingerprint density at radius 2 is 1.82 bits per heavy atom. The molecular weight excluding hydrogens is 368 g/mol. The van der Waals surface area contributed by atoms with Crippen molar-refractivity contribution in [1.29, 1.82) is 0 Å². The summed E-state index contributed by atoms with van der Waals surface area (Å²) in [5.74, 6) is 0.108. The highest BCUT2D eigenvalue weighted by molar-refractivity contribution is 7.18. The van der Waals surface area contributed by atoms with Gasteiger partial charge in [0, 0.05) is 5.69 Å². The number of nitrogens with zero attached hydrogens (tertiary/aromatic N) is 1. The maximum Gasteiger partial charge on any atom is 0.279 e. The van der Waals surface area contributed by atoms with Crippen molar-refractivity contribution >= 4 is 33.1 Å². The first-order chi connectivity index (χ1) is 13.6. The molecule has 146 valence electrons. The summed E-state index contributed by atoms with van der Waals surface area (Å²) >= 11 is 1.80. The summed E-state index contributed by atoms with van der Waals surface area (Å²) in [6.07, 6.45) is 0. The SMILES string of the molecule is Cc1ccc(NC(=O)C[NH+]2CC[NH+](Cc3nc4ccccc4s3)CC2)c(C)c1. The van der Waals surface area contributed by atoms with Gasteiger partial charge in [0.25, 0.3) is 5.91 Å². The van der Waals surface area contributed by atoms with E-state index in [9.17, 15) is 4.79 Å². The number of quaternary nitrogens is 2. The van der Waals surface area contributed by atoms with Crippen molar-refractivity contribution < 1.29 is 14.6 Å². The van der Waals surface area contributed by atoms with Crippen molar-refractivity contribution in [3.63, 3.8) is 0 Å². The standard InChI is InChI=1S/C22H26N4OS/c1-16-7-8-18(17(2)13-16)23-21(27)14-25-9-11-26(12-10-25)15-22-24-19-5-3-4-6-20(19)28-22/h3-8,13H,9-12,14-15H2,1-2H3,(H,23,27)/p+2. The maximum atomic E-state index is 12.4. The van der Waals surface area contributed by atoms with E-state index in [0.717, 1.165) is 49.5 Å². The van der Waals surface area contributed by atoms with E-state index in [4.69, 9.17) is 4.98 Å². The Morgan fingerprint density at radius 3 is 2.57 bits per heavy atom. The van der Waals surface area contributed by atoms with E-state index in [1.165, 1.54) is 20.2 Å². The molecule has 0 spiro atoms. The number of hydrogen-bond donors (Lipinski definition) is 3. The van der Waals surface area contributed by atoms with Crippen LogP contribution in [0.25, 0.3) is 10.2 Å². The average molecular weight is 397 g/mol. The number of aromatic nitrogens is 1.